The molecule has 2 aromatic rings. The van der Waals surface area contributed by atoms with Gasteiger partial charge < -0.3 is 5.32 Å². The molecule has 0 bridgehead atoms. The normalized spacial score (nSPS) is 16.2. The lowest BCUT2D eigenvalue weighted by Crippen LogP contribution is -2.27. The van der Waals surface area contributed by atoms with Gasteiger partial charge in [0.05, 0.1) is 5.41 Å². The van der Waals surface area contributed by atoms with Gasteiger partial charge in [-0.25, -0.2) is 0 Å². The molecule has 1 amide bonds. The summed E-state index contributed by atoms with van der Waals surface area (Å²) in [4.78, 5) is 12.0. The predicted octanol–water partition coefficient (Wildman–Crippen LogP) is 4.09. The minimum atomic E-state index is -0.479. The first-order valence-corrected chi connectivity index (χ1v) is 6.77. The quantitative estimate of drug-likeness (QED) is 0.812. The maximum absolute atomic E-state index is 12.0. The molecule has 2 nitrogen and oxygen atoms in total. The van der Waals surface area contributed by atoms with Gasteiger partial charge in [0.2, 0.25) is 5.91 Å². The first-order valence-electron chi connectivity index (χ1n) is 6.77. The number of benzene rings is 2. The highest BCUT2D eigenvalue weighted by Crippen LogP contribution is 2.40. The van der Waals surface area contributed by atoms with Gasteiger partial charge >= 0.3 is 0 Å². The SMILES string of the molecule is CC1(C)C(=O)Nc2cccc(C=Cc3ccccc3)c21. The maximum atomic E-state index is 12.0. The average molecular weight is 263 g/mol. The van der Waals surface area contributed by atoms with Gasteiger partial charge in [-0.15, -0.1) is 0 Å². The molecular weight excluding hydrogens is 246 g/mol. The molecule has 0 radical (unpaired) electrons. The molecule has 1 aliphatic rings. The third-order valence-corrected chi connectivity index (χ3v) is 3.79. The van der Waals surface area contributed by atoms with Crippen molar-refractivity contribution in [2.75, 3.05) is 5.32 Å². The minimum Gasteiger partial charge on any atom is -0.325 e. The van der Waals surface area contributed by atoms with Gasteiger partial charge in [0.25, 0.3) is 0 Å². The molecule has 1 N–H and O–H groups in total. The summed E-state index contributed by atoms with van der Waals surface area (Å²) in [6.45, 7) is 3.93. The second-order valence-electron chi connectivity index (χ2n) is 5.59. The third kappa shape index (κ3) is 2.03. The Balaban J connectivity index is 2.03. The fourth-order valence-electron chi connectivity index (χ4n) is 2.65. The van der Waals surface area contributed by atoms with E-state index < -0.39 is 5.41 Å². The van der Waals surface area contributed by atoms with E-state index in [2.05, 4.69) is 35.7 Å². The molecule has 0 saturated heterocycles. The third-order valence-electron chi connectivity index (χ3n) is 3.79. The van der Waals surface area contributed by atoms with Gasteiger partial charge in [-0.3, -0.25) is 4.79 Å². The van der Waals surface area contributed by atoms with E-state index in [-0.39, 0.29) is 5.91 Å². The summed E-state index contributed by atoms with van der Waals surface area (Å²) in [5.41, 5.74) is 3.77. The second-order valence-corrected chi connectivity index (χ2v) is 5.59. The monoisotopic (exact) mass is 263 g/mol. The molecule has 2 aromatic carbocycles. The number of rotatable bonds is 2. The van der Waals surface area contributed by atoms with E-state index in [4.69, 9.17) is 0 Å². The Morgan fingerprint density at radius 3 is 2.45 bits per heavy atom. The van der Waals surface area contributed by atoms with Crippen LogP contribution in [0.2, 0.25) is 0 Å². The van der Waals surface area contributed by atoms with Gasteiger partial charge in [0.15, 0.2) is 0 Å². The molecule has 0 fully saturated rings. The largest absolute Gasteiger partial charge is 0.325 e. The summed E-state index contributed by atoms with van der Waals surface area (Å²) in [5.74, 6) is 0.0630. The molecule has 2 heteroatoms. The smallest absolute Gasteiger partial charge is 0.234 e. The van der Waals surface area contributed by atoms with Crippen LogP contribution in [-0.2, 0) is 10.2 Å². The molecule has 0 saturated carbocycles. The van der Waals surface area contributed by atoms with Crippen molar-refractivity contribution < 1.29 is 4.79 Å². The Hall–Kier alpha value is -2.35. The van der Waals surface area contributed by atoms with E-state index in [1.54, 1.807) is 0 Å². The van der Waals surface area contributed by atoms with Gasteiger partial charge in [-0.05, 0) is 36.6 Å². The van der Waals surface area contributed by atoms with Crippen molar-refractivity contribution in [1.29, 1.82) is 0 Å². The molecule has 0 unspecified atom stereocenters. The van der Waals surface area contributed by atoms with Gasteiger partial charge in [-0.1, -0.05) is 54.6 Å². The van der Waals surface area contributed by atoms with Gasteiger partial charge in [0, 0.05) is 5.69 Å². The molecule has 20 heavy (non-hydrogen) atoms. The Bertz CT molecular complexity index is 684. The van der Waals surface area contributed by atoms with Crippen LogP contribution >= 0.6 is 0 Å². The summed E-state index contributed by atoms with van der Waals surface area (Å²) in [6, 6.07) is 16.2. The van der Waals surface area contributed by atoms with Crippen LogP contribution < -0.4 is 5.32 Å². The summed E-state index contributed by atoms with van der Waals surface area (Å²) < 4.78 is 0. The molecule has 0 spiro atoms. The zero-order valence-electron chi connectivity index (χ0n) is 11.7. The number of carbonyl (C=O) groups excluding carboxylic acids is 1. The molecule has 100 valence electrons. The Kier molecular flexibility index (Phi) is 2.94. The number of fused-ring (bicyclic) bond motifs is 1. The van der Waals surface area contributed by atoms with Crippen molar-refractivity contribution in [3.63, 3.8) is 0 Å². The second kappa shape index (κ2) is 4.64. The molecule has 1 aliphatic heterocycles. The van der Waals surface area contributed by atoms with Crippen LogP contribution in [0.15, 0.2) is 48.5 Å². The standard InChI is InChI=1S/C18H17NO/c1-18(2)16-14(9-6-10-15(16)19-17(18)20)12-11-13-7-4-3-5-8-13/h3-12H,1-2H3,(H,19,20). The molecular formula is C18H17NO. The fourth-order valence-corrected chi connectivity index (χ4v) is 2.65. The zero-order valence-corrected chi connectivity index (χ0v) is 11.7. The summed E-state index contributed by atoms with van der Waals surface area (Å²) >= 11 is 0. The van der Waals surface area contributed by atoms with Gasteiger partial charge in [0.1, 0.15) is 0 Å². The maximum Gasteiger partial charge on any atom is 0.234 e. The van der Waals surface area contributed by atoms with Crippen molar-refractivity contribution in [2.45, 2.75) is 19.3 Å². The molecule has 3 rings (SSSR count). The van der Waals surface area contributed by atoms with Crippen LogP contribution in [0.4, 0.5) is 5.69 Å². The Morgan fingerprint density at radius 1 is 0.950 bits per heavy atom. The minimum absolute atomic E-state index is 0.0630. The first kappa shape index (κ1) is 12.7. The van der Waals surface area contributed by atoms with E-state index in [0.29, 0.717) is 0 Å². The lowest BCUT2D eigenvalue weighted by molar-refractivity contribution is -0.119. The Labute approximate surface area is 119 Å². The predicted molar refractivity (Wildman–Crippen MR) is 83.5 cm³/mol. The van der Waals surface area contributed by atoms with Crippen LogP contribution in [-0.4, -0.2) is 5.91 Å². The highest BCUT2D eigenvalue weighted by Gasteiger charge is 2.39. The highest BCUT2D eigenvalue weighted by atomic mass is 16.2. The average Bonchev–Trinajstić information content (AvgIpc) is 2.69. The fraction of sp³-hybridized carbons (Fsp3) is 0.167. The van der Waals surface area contributed by atoms with Crippen molar-refractivity contribution in [3.05, 3.63) is 65.2 Å². The summed E-state index contributed by atoms with van der Waals surface area (Å²) in [5, 5.41) is 2.95. The zero-order chi connectivity index (χ0) is 14.2. The van der Waals surface area contributed by atoms with Crippen molar-refractivity contribution >= 4 is 23.7 Å². The van der Waals surface area contributed by atoms with E-state index in [9.17, 15) is 4.79 Å². The summed E-state index contributed by atoms with van der Waals surface area (Å²) in [6.07, 6.45) is 4.16. The number of carbonyl (C=O) groups is 1. The topological polar surface area (TPSA) is 29.1 Å². The van der Waals surface area contributed by atoms with Crippen LogP contribution in [0.1, 0.15) is 30.5 Å². The number of hydrogen-bond donors (Lipinski definition) is 1. The van der Waals surface area contributed by atoms with Crippen LogP contribution in [0.5, 0.6) is 0 Å². The van der Waals surface area contributed by atoms with E-state index in [0.717, 1.165) is 22.4 Å². The lowest BCUT2D eigenvalue weighted by atomic mass is 9.83. The first-order chi connectivity index (χ1) is 9.59. The molecule has 0 atom stereocenters. The number of amides is 1. The van der Waals surface area contributed by atoms with Crippen LogP contribution in [0.25, 0.3) is 12.2 Å². The highest BCUT2D eigenvalue weighted by molar-refractivity contribution is 6.07. The Morgan fingerprint density at radius 2 is 1.70 bits per heavy atom. The van der Waals surface area contributed by atoms with Crippen LogP contribution in [0.3, 0.4) is 0 Å². The van der Waals surface area contributed by atoms with Crippen molar-refractivity contribution in [3.8, 4) is 0 Å². The molecule has 0 aromatic heterocycles. The number of hydrogen-bond acceptors (Lipinski definition) is 1. The number of nitrogens with one attached hydrogen (secondary N) is 1. The number of anilines is 1. The van der Waals surface area contributed by atoms with Crippen molar-refractivity contribution in [2.24, 2.45) is 0 Å². The van der Waals surface area contributed by atoms with Crippen molar-refractivity contribution in [1.82, 2.24) is 0 Å². The van der Waals surface area contributed by atoms with E-state index in [1.807, 2.05) is 44.2 Å². The van der Waals surface area contributed by atoms with E-state index in [1.165, 1.54) is 0 Å². The molecule has 1 heterocycles. The lowest BCUT2D eigenvalue weighted by Gasteiger charge is -2.17. The summed E-state index contributed by atoms with van der Waals surface area (Å²) in [7, 11) is 0. The van der Waals surface area contributed by atoms with Gasteiger partial charge in [-0.2, -0.15) is 0 Å². The molecule has 0 aliphatic carbocycles. The van der Waals surface area contributed by atoms with Crippen LogP contribution in [0, 0.1) is 0 Å². The van der Waals surface area contributed by atoms with E-state index >= 15 is 0 Å².